The van der Waals surface area contributed by atoms with E-state index in [0.29, 0.717) is 5.82 Å². The molecule has 12 aromatic rings. The molecule has 0 bridgehead atoms. The average Bonchev–Trinajstić information content (AvgIpc) is 3.90. The maximum absolute atomic E-state index is 5.17. The van der Waals surface area contributed by atoms with Gasteiger partial charge in [0.1, 0.15) is 11.2 Å². The first-order valence-corrected chi connectivity index (χ1v) is 21.4. The molecular weight excluding hydrogens is 777 g/mol. The van der Waals surface area contributed by atoms with Gasteiger partial charge in [-0.25, -0.2) is 24.9 Å². The van der Waals surface area contributed by atoms with Gasteiger partial charge in [0.05, 0.1) is 38.3 Å². The number of thiophene rings is 1. The molecule has 0 aliphatic carbocycles. The van der Waals surface area contributed by atoms with Gasteiger partial charge < -0.3 is 4.57 Å². The summed E-state index contributed by atoms with van der Waals surface area (Å²) in [6.07, 6.45) is 3.62. The van der Waals surface area contributed by atoms with E-state index in [0.717, 1.165) is 82.1 Å². The van der Waals surface area contributed by atoms with Gasteiger partial charge in [-0.2, -0.15) is 0 Å². The maximum Gasteiger partial charge on any atom is 0.160 e. The predicted octanol–water partition coefficient (Wildman–Crippen LogP) is 14.1. The van der Waals surface area contributed by atoms with Gasteiger partial charge in [0.15, 0.2) is 5.82 Å². The quantitative estimate of drug-likeness (QED) is 0.160. The van der Waals surface area contributed by atoms with Gasteiger partial charge in [-0.1, -0.05) is 152 Å². The summed E-state index contributed by atoms with van der Waals surface area (Å²) < 4.78 is 3.37. The Hall–Kier alpha value is -8.13. The lowest BCUT2D eigenvalue weighted by Crippen LogP contribution is -1.97. The van der Waals surface area contributed by atoms with Crippen LogP contribution in [0.4, 0.5) is 0 Å². The number of fused-ring (bicyclic) bond motifs is 6. The zero-order valence-electron chi connectivity index (χ0n) is 33.2. The molecular formula is C55H34N6S. The highest BCUT2D eigenvalue weighted by molar-refractivity contribution is 7.25. The molecule has 7 aromatic carbocycles. The molecule has 290 valence electrons. The fourth-order valence-electron chi connectivity index (χ4n) is 8.60. The second-order valence-corrected chi connectivity index (χ2v) is 16.4. The Labute approximate surface area is 361 Å². The van der Waals surface area contributed by atoms with E-state index in [9.17, 15) is 0 Å². The summed E-state index contributed by atoms with van der Waals surface area (Å²) in [4.78, 5) is 25.7. The van der Waals surface area contributed by atoms with Crippen molar-refractivity contribution in [1.29, 1.82) is 0 Å². The van der Waals surface area contributed by atoms with E-state index < -0.39 is 0 Å². The van der Waals surface area contributed by atoms with Crippen LogP contribution in [0.2, 0.25) is 0 Å². The van der Waals surface area contributed by atoms with Crippen molar-refractivity contribution in [2.45, 2.75) is 0 Å². The molecule has 62 heavy (non-hydrogen) atoms. The number of nitrogens with zero attached hydrogens (tertiary/aromatic N) is 6. The van der Waals surface area contributed by atoms with Crippen LogP contribution < -0.4 is 0 Å². The topological polar surface area (TPSA) is 69.4 Å². The Morgan fingerprint density at radius 1 is 0.387 bits per heavy atom. The van der Waals surface area contributed by atoms with Gasteiger partial charge in [0.2, 0.25) is 0 Å². The second-order valence-electron chi connectivity index (χ2n) is 15.4. The van der Waals surface area contributed by atoms with Gasteiger partial charge in [-0.15, -0.1) is 11.3 Å². The lowest BCUT2D eigenvalue weighted by atomic mass is 10.0. The first kappa shape index (κ1) is 35.8. The summed E-state index contributed by atoms with van der Waals surface area (Å²) in [5, 5.41) is 3.48. The largest absolute Gasteiger partial charge is 0.309 e. The van der Waals surface area contributed by atoms with Crippen LogP contribution in [0.3, 0.4) is 0 Å². The third kappa shape index (κ3) is 6.22. The van der Waals surface area contributed by atoms with Gasteiger partial charge in [0, 0.05) is 55.9 Å². The minimum atomic E-state index is 0.677. The van der Waals surface area contributed by atoms with Gasteiger partial charge in [-0.05, 0) is 59.2 Å². The second kappa shape index (κ2) is 14.9. The van der Waals surface area contributed by atoms with E-state index >= 15 is 0 Å². The number of aromatic nitrogens is 6. The van der Waals surface area contributed by atoms with Gasteiger partial charge in [0.25, 0.3) is 0 Å². The lowest BCUT2D eigenvalue weighted by molar-refractivity contribution is 1.16. The van der Waals surface area contributed by atoms with E-state index in [4.69, 9.17) is 24.9 Å². The summed E-state index contributed by atoms with van der Waals surface area (Å²) in [6, 6.07) is 67.9. The standard InChI is InChI=1S/C55H34N6S/c1-3-13-35(14-4-1)39-17-11-19-41(29-39)51-53-52(58-34-57-51)46-31-42(33-56-55(46)62-53)36-25-27-37(28-26-36)47-32-48(60-54(59-47)38-15-5-2-6-16-38)40-18-12-20-43(30-40)61-49-23-9-7-21-44(49)45-22-8-10-24-50(45)61/h1-34H. The van der Waals surface area contributed by atoms with Crippen LogP contribution in [0.1, 0.15) is 0 Å². The van der Waals surface area contributed by atoms with Crippen molar-refractivity contribution < 1.29 is 0 Å². The Kier molecular flexibility index (Phi) is 8.57. The fourth-order valence-corrected chi connectivity index (χ4v) is 9.69. The molecule has 7 heteroatoms. The van der Waals surface area contributed by atoms with Crippen LogP contribution in [0.5, 0.6) is 0 Å². The fraction of sp³-hybridized carbons (Fsp3) is 0. The van der Waals surface area contributed by atoms with Crippen molar-refractivity contribution >= 4 is 53.6 Å². The number of benzene rings is 7. The number of para-hydroxylation sites is 2. The first-order valence-electron chi connectivity index (χ1n) is 20.6. The lowest BCUT2D eigenvalue weighted by Gasteiger charge is -2.12. The highest BCUT2D eigenvalue weighted by atomic mass is 32.1. The Morgan fingerprint density at radius 3 is 1.74 bits per heavy atom. The SMILES string of the molecule is c1ccc(-c2cccc(-c3ncnc4c3sc3ncc(-c5ccc(-c6cc(-c7cccc(-n8c9ccccc9c9ccccc98)c7)nc(-c7ccccc7)n6)cc5)cc34)c2)cc1. The highest BCUT2D eigenvalue weighted by Crippen LogP contribution is 2.40. The number of hydrogen-bond donors (Lipinski definition) is 0. The van der Waals surface area contributed by atoms with Crippen LogP contribution >= 0.6 is 11.3 Å². The Morgan fingerprint density at radius 2 is 0.984 bits per heavy atom. The summed E-state index contributed by atoms with van der Waals surface area (Å²) in [7, 11) is 0. The van der Waals surface area contributed by atoms with Gasteiger partial charge >= 0.3 is 0 Å². The smallest absolute Gasteiger partial charge is 0.160 e. The molecule has 0 atom stereocenters. The molecule has 0 saturated carbocycles. The van der Waals surface area contributed by atoms with Crippen LogP contribution in [0.15, 0.2) is 207 Å². The molecule has 0 unspecified atom stereocenters. The summed E-state index contributed by atoms with van der Waals surface area (Å²) in [6.45, 7) is 0. The summed E-state index contributed by atoms with van der Waals surface area (Å²) in [5.41, 5.74) is 15.4. The molecule has 0 spiro atoms. The molecule has 0 N–H and O–H groups in total. The molecule has 0 saturated heterocycles. The molecule has 6 nitrogen and oxygen atoms in total. The molecule has 0 aliphatic rings. The normalized spacial score (nSPS) is 11.5. The molecule has 5 aromatic heterocycles. The highest BCUT2D eigenvalue weighted by Gasteiger charge is 2.17. The Bertz CT molecular complexity index is 3580. The van der Waals surface area contributed by atoms with E-state index in [-0.39, 0.29) is 0 Å². The van der Waals surface area contributed by atoms with E-state index in [2.05, 4.69) is 174 Å². The Balaban J connectivity index is 0.911. The average molecular weight is 811 g/mol. The number of pyridine rings is 1. The predicted molar refractivity (Wildman–Crippen MR) is 255 cm³/mol. The zero-order valence-corrected chi connectivity index (χ0v) is 34.0. The third-order valence-corrected chi connectivity index (χ3v) is 12.7. The maximum atomic E-state index is 5.17. The third-order valence-electron chi connectivity index (χ3n) is 11.6. The molecule has 0 amide bonds. The van der Waals surface area contributed by atoms with Crippen LogP contribution in [0, 0.1) is 0 Å². The number of hydrogen-bond acceptors (Lipinski definition) is 6. The molecule has 0 fully saturated rings. The van der Waals surface area contributed by atoms with Crippen molar-refractivity contribution in [3.8, 4) is 73.1 Å². The van der Waals surface area contributed by atoms with E-state index in [1.807, 2.05) is 30.5 Å². The molecule has 12 rings (SSSR count). The van der Waals surface area contributed by atoms with Crippen molar-refractivity contribution in [1.82, 2.24) is 29.5 Å². The van der Waals surface area contributed by atoms with Crippen molar-refractivity contribution in [2.75, 3.05) is 0 Å². The first-order chi connectivity index (χ1) is 30.7. The van der Waals surface area contributed by atoms with Crippen molar-refractivity contribution in [3.05, 3.63) is 207 Å². The minimum Gasteiger partial charge on any atom is -0.309 e. The monoisotopic (exact) mass is 810 g/mol. The number of rotatable bonds is 7. The summed E-state index contributed by atoms with van der Waals surface area (Å²) in [5.74, 6) is 0.677. The minimum absolute atomic E-state index is 0.677. The molecule has 0 aliphatic heterocycles. The van der Waals surface area contributed by atoms with Crippen molar-refractivity contribution in [3.63, 3.8) is 0 Å². The van der Waals surface area contributed by atoms with Crippen LogP contribution in [-0.4, -0.2) is 29.5 Å². The molecule has 5 heterocycles. The van der Waals surface area contributed by atoms with Crippen LogP contribution in [0.25, 0.3) is 115 Å². The van der Waals surface area contributed by atoms with E-state index in [1.165, 1.54) is 27.4 Å². The van der Waals surface area contributed by atoms with Crippen molar-refractivity contribution in [2.24, 2.45) is 0 Å². The zero-order chi connectivity index (χ0) is 41.0. The van der Waals surface area contributed by atoms with Crippen LogP contribution in [-0.2, 0) is 0 Å². The molecule has 0 radical (unpaired) electrons. The summed E-state index contributed by atoms with van der Waals surface area (Å²) >= 11 is 1.64. The van der Waals surface area contributed by atoms with Gasteiger partial charge in [-0.3, -0.25) is 0 Å². The van der Waals surface area contributed by atoms with E-state index in [1.54, 1.807) is 17.7 Å².